The fraction of sp³-hybridized carbons (Fsp3) is 0.545. The number of ether oxygens (including phenoxy) is 1. The van der Waals surface area contributed by atoms with Crippen LogP contribution in [-0.2, 0) is 14.8 Å². The van der Waals surface area contributed by atoms with E-state index in [1.54, 1.807) is 0 Å². The van der Waals surface area contributed by atoms with Crippen molar-refractivity contribution in [1.82, 2.24) is 10.0 Å². The smallest absolute Gasteiger partial charge is 0.348 e. The van der Waals surface area contributed by atoms with E-state index in [2.05, 4.69) is 14.8 Å². The Morgan fingerprint density at radius 2 is 2.35 bits per heavy atom. The summed E-state index contributed by atoms with van der Waals surface area (Å²) in [6, 6.07) is 1.52. The van der Waals surface area contributed by atoms with E-state index in [9.17, 15) is 13.2 Å². The van der Waals surface area contributed by atoms with Gasteiger partial charge in [0, 0.05) is 18.0 Å². The third kappa shape index (κ3) is 4.16. The highest BCUT2D eigenvalue weighted by Crippen LogP contribution is 2.20. The fourth-order valence-corrected chi connectivity index (χ4v) is 4.16. The van der Waals surface area contributed by atoms with Crippen LogP contribution in [0, 0.1) is 0 Å². The summed E-state index contributed by atoms with van der Waals surface area (Å²) < 4.78 is 31.2. The second kappa shape index (κ2) is 7.37. The monoisotopic (exact) mass is 340 g/mol. The molecular formula is C11H17ClN2O4S2. The van der Waals surface area contributed by atoms with Crippen molar-refractivity contribution in [3.05, 3.63) is 16.3 Å². The molecule has 0 amide bonds. The van der Waals surface area contributed by atoms with Gasteiger partial charge in [0.1, 0.15) is 4.88 Å². The molecule has 0 radical (unpaired) electrons. The van der Waals surface area contributed by atoms with E-state index in [1.165, 1.54) is 18.6 Å². The molecule has 1 aromatic heterocycles. The van der Waals surface area contributed by atoms with Gasteiger partial charge in [-0.2, -0.15) is 0 Å². The highest BCUT2D eigenvalue weighted by atomic mass is 35.5. The number of carbonyl (C=O) groups is 1. The number of hydrogen-bond acceptors (Lipinski definition) is 6. The standard InChI is InChI=1S/C11H16N2O4S2.ClH/c1-17-11(14)10-5-9(7-18-10)19(15,16)13-6-8-3-2-4-12-8;/h5,7-8,12-13H,2-4,6H2,1H3;1H. The molecule has 1 unspecified atom stereocenters. The number of sulfonamides is 1. The van der Waals surface area contributed by atoms with Crippen LogP contribution < -0.4 is 10.0 Å². The second-order valence-electron chi connectivity index (χ2n) is 4.28. The molecule has 114 valence electrons. The zero-order chi connectivity index (χ0) is 13.9. The lowest BCUT2D eigenvalue weighted by Crippen LogP contribution is -2.37. The lowest BCUT2D eigenvalue weighted by molar-refractivity contribution is 0.0606. The maximum atomic E-state index is 12.0. The SMILES string of the molecule is COC(=O)c1cc(S(=O)(=O)NCC2CCCN2)cs1.Cl. The minimum absolute atomic E-state index is 0. The number of methoxy groups -OCH3 is 1. The van der Waals surface area contributed by atoms with Crippen LogP contribution in [0.2, 0.25) is 0 Å². The van der Waals surface area contributed by atoms with Crippen molar-refractivity contribution in [2.45, 2.75) is 23.8 Å². The van der Waals surface area contributed by atoms with Gasteiger partial charge in [-0.05, 0) is 25.5 Å². The van der Waals surface area contributed by atoms with E-state index in [4.69, 9.17) is 0 Å². The number of rotatable bonds is 5. The molecule has 0 aliphatic carbocycles. The molecule has 1 aromatic rings. The van der Waals surface area contributed by atoms with Crippen molar-refractivity contribution >= 4 is 39.7 Å². The van der Waals surface area contributed by atoms with E-state index in [-0.39, 0.29) is 28.2 Å². The second-order valence-corrected chi connectivity index (χ2v) is 6.96. The number of esters is 1. The third-order valence-electron chi connectivity index (χ3n) is 2.95. The minimum atomic E-state index is -3.56. The summed E-state index contributed by atoms with van der Waals surface area (Å²) in [5, 5.41) is 4.66. The molecule has 20 heavy (non-hydrogen) atoms. The normalized spacial score (nSPS) is 18.6. The molecule has 2 heterocycles. The summed E-state index contributed by atoms with van der Waals surface area (Å²) in [7, 11) is -2.29. The van der Waals surface area contributed by atoms with Crippen LogP contribution in [0.3, 0.4) is 0 Å². The van der Waals surface area contributed by atoms with Crippen molar-refractivity contribution in [3.8, 4) is 0 Å². The predicted octanol–water partition coefficient (Wildman–Crippen LogP) is 0.987. The van der Waals surface area contributed by atoms with E-state index < -0.39 is 16.0 Å². The Bertz CT molecular complexity index is 553. The summed E-state index contributed by atoms with van der Waals surface area (Å²) in [5.41, 5.74) is 0. The Kier molecular flexibility index (Phi) is 6.41. The highest BCUT2D eigenvalue weighted by molar-refractivity contribution is 7.89. The zero-order valence-electron chi connectivity index (χ0n) is 10.9. The maximum Gasteiger partial charge on any atom is 0.348 e. The molecule has 2 rings (SSSR count). The van der Waals surface area contributed by atoms with Crippen molar-refractivity contribution in [1.29, 1.82) is 0 Å². The minimum Gasteiger partial charge on any atom is -0.465 e. The van der Waals surface area contributed by atoms with Gasteiger partial charge in [0.15, 0.2) is 0 Å². The van der Waals surface area contributed by atoms with Crippen LogP contribution >= 0.6 is 23.7 Å². The topological polar surface area (TPSA) is 84.5 Å². The number of thiophene rings is 1. The van der Waals surface area contributed by atoms with Gasteiger partial charge < -0.3 is 10.1 Å². The Hall–Kier alpha value is -0.670. The van der Waals surface area contributed by atoms with E-state index in [1.807, 2.05) is 0 Å². The number of hydrogen-bond donors (Lipinski definition) is 2. The highest BCUT2D eigenvalue weighted by Gasteiger charge is 2.21. The van der Waals surface area contributed by atoms with Crippen molar-refractivity contribution in [2.24, 2.45) is 0 Å². The van der Waals surface area contributed by atoms with Crippen LogP contribution in [0.25, 0.3) is 0 Å². The Morgan fingerprint density at radius 1 is 1.60 bits per heavy atom. The van der Waals surface area contributed by atoms with Crippen molar-refractivity contribution in [2.75, 3.05) is 20.2 Å². The van der Waals surface area contributed by atoms with Gasteiger partial charge in [-0.1, -0.05) is 0 Å². The molecule has 1 saturated heterocycles. The molecule has 9 heteroatoms. The number of nitrogens with one attached hydrogen (secondary N) is 2. The van der Waals surface area contributed by atoms with Crippen LogP contribution in [-0.4, -0.2) is 40.6 Å². The maximum absolute atomic E-state index is 12.0. The van der Waals surface area contributed by atoms with Crippen LogP contribution in [0.5, 0.6) is 0 Å². The molecule has 1 aliphatic rings. The Morgan fingerprint density at radius 3 is 2.95 bits per heavy atom. The molecule has 0 bridgehead atoms. The first-order valence-corrected chi connectivity index (χ1v) is 8.29. The molecular weight excluding hydrogens is 324 g/mol. The van der Waals surface area contributed by atoms with Gasteiger partial charge >= 0.3 is 5.97 Å². The van der Waals surface area contributed by atoms with Gasteiger partial charge in [0.2, 0.25) is 10.0 Å². The van der Waals surface area contributed by atoms with Gasteiger partial charge in [0.05, 0.1) is 12.0 Å². The van der Waals surface area contributed by atoms with Crippen molar-refractivity contribution < 1.29 is 17.9 Å². The van der Waals surface area contributed by atoms with Gasteiger partial charge in [-0.25, -0.2) is 17.9 Å². The quantitative estimate of drug-likeness (QED) is 0.781. The van der Waals surface area contributed by atoms with E-state index >= 15 is 0 Å². The summed E-state index contributed by atoms with van der Waals surface area (Å²) in [5.74, 6) is -0.524. The molecule has 2 N–H and O–H groups in total. The van der Waals surface area contributed by atoms with Gasteiger partial charge in [-0.3, -0.25) is 0 Å². The Labute approximate surface area is 128 Å². The predicted molar refractivity (Wildman–Crippen MR) is 79.1 cm³/mol. The summed E-state index contributed by atoms with van der Waals surface area (Å²) in [6.07, 6.45) is 2.04. The molecule has 1 aliphatic heterocycles. The summed E-state index contributed by atoms with van der Waals surface area (Å²) in [4.78, 5) is 11.7. The zero-order valence-corrected chi connectivity index (χ0v) is 13.4. The van der Waals surface area contributed by atoms with E-state index in [0.717, 1.165) is 30.7 Å². The molecule has 6 nitrogen and oxygen atoms in total. The average molecular weight is 341 g/mol. The molecule has 1 fully saturated rings. The van der Waals surface area contributed by atoms with Crippen LogP contribution in [0.4, 0.5) is 0 Å². The first kappa shape index (κ1) is 17.4. The fourth-order valence-electron chi connectivity index (χ4n) is 1.89. The average Bonchev–Trinajstić information content (AvgIpc) is 3.06. The van der Waals surface area contributed by atoms with E-state index in [0.29, 0.717) is 6.54 Å². The molecule has 1 atom stereocenters. The lowest BCUT2D eigenvalue weighted by atomic mass is 10.2. The van der Waals surface area contributed by atoms with Gasteiger partial charge in [0.25, 0.3) is 0 Å². The molecule has 0 aromatic carbocycles. The summed E-state index contributed by atoms with van der Waals surface area (Å²) in [6.45, 7) is 1.29. The third-order valence-corrected chi connectivity index (χ3v) is 5.42. The largest absolute Gasteiger partial charge is 0.465 e. The Balaban J connectivity index is 0.00000200. The summed E-state index contributed by atoms with van der Waals surface area (Å²) >= 11 is 1.06. The molecule has 0 saturated carbocycles. The number of halogens is 1. The lowest BCUT2D eigenvalue weighted by Gasteiger charge is -2.10. The first-order chi connectivity index (χ1) is 9.03. The van der Waals surface area contributed by atoms with Gasteiger partial charge in [-0.15, -0.1) is 23.7 Å². The number of carbonyl (C=O) groups excluding carboxylic acids is 1. The van der Waals surface area contributed by atoms with Crippen molar-refractivity contribution in [3.63, 3.8) is 0 Å². The van der Waals surface area contributed by atoms with Crippen LogP contribution in [0.1, 0.15) is 22.5 Å². The first-order valence-electron chi connectivity index (χ1n) is 5.93. The van der Waals surface area contributed by atoms with Crippen LogP contribution in [0.15, 0.2) is 16.3 Å². The molecule has 0 spiro atoms.